The molecule has 1 aromatic carbocycles. The van der Waals surface area contributed by atoms with Gasteiger partial charge in [0.1, 0.15) is 5.75 Å². The van der Waals surface area contributed by atoms with Crippen LogP contribution in [-0.2, 0) is 4.79 Å². The summed E-state index contributed by atoms with van der Waals surface area (Å²) in [5.74, 6) is 0.481. The molecular weight excluding hydrogens is 260 g/mol. The van der Waals surface area contributed by atoms with Crippen molar-refractivity contribution in [1.82, 2.24) is 4.98 Å². The van der Waals surface area contributed by atoms with Gasteiger partial charge in [-0.3, -0.25) is 10.1 Å². The average Bonchev–Trinajstić information content (AvgIpc) is 2.69. The molecule has 1 aromatic heterocycles. The van der Waals surface area contributed by atoms with Gasteiger partial charge in [0.2, 0.25) is 0 Å². The number of aromatic nitrogens is 1. The maximum absolute atomic E-state index is 12.0. The number of carbonyl (C=O) groups excluding carboxylic acids is 1. The molecule has 19 heavy (non-hydrogen) atoms. The Morgan fingerprint density at radius 3 is 2.58 bits per heavy atom. The van der Waals surface area contributed by atoms with Gasteiger partial charge >= 0.3 is 0 Å². The van der Waals surface area contributed by atoms with Gasteiger partial charge in [-0.25, -0.2) is 4.98 Å². The molecule has 4 nitrogen and oxygen atoms in total. The molecule has 1 N–H and O–H groups in total. The molecule has 1 amide bonds. The number of ether oxygens (including phenoxy) is 1. The van der Waals surface area contributed by atoms with Crippen molar-refractivity contribution in [2.75, 3.05) is 5.32 Å². The van der Waals surface area contributed by atoms with E-state index in [4.69, 9.17) is 4.74 Å². The van der Waals surface area contributed by atoms with E-state index in [0.717, 1.165) is 10.6 Å². The molecule has 0 spiro atoms. The van der Waals surface area contributed by atoms with Crippen molar-refractivity contribution in [3.05, 3.63) is 40.9 Å². The Morgan fingerprint density at radius 1 is 1.32 bits per heavy atom. The largest absolute Gasteiger partial charge is 0.481 e. The minimum Gasteiger partial charge on any atom is -0.481 e. The Balaban J connectivity index is 1.96. The number of benzene rings is 1. The highest BCUT2D eigenvalue weighted by molar-refractivity contribution is 7.15. The highest BCUT2D eigenvalue weighted by Crippen LogP contribution is 2.21. The average molecular weight is 276 g/mol. The summed E-state index contributed by atoms with van der Waals surface area (Å²) in [5, 5.41) is 3.38. The van der Waals surface area contributed by atoms with Crippen LogP contribution in [0.1, 0.15) is 17.5 Å². The van der Waals surface area contributed by atoms with E-state index in [-0.39, 0.29) is 5.91 Å². The summed E-state index contributed by atoms with van der Waals surface area (Å²) in [5.41, 5.74) is 0.942. The van der Waals surface area contributed by atoms with Crippen molar-refractivity contribution in [3.8, 4) is 5.75 Å². The van der Waals surface area contributed by atoms with Crippen molar-refractivity contribution in [1.29, 1.82) is 0 Å². The van der Waals surface area contributed by atoms with Crippen LogP contribution in [0.5, 0.6) is 5.75 Å². The van der Waals surface area contributed by atoms with Crippen LogP contribution < -0.4 is 10.1 Å². The standard InChI is InChI=1S/C14H16N2O2S/c1-9-11(3)19-14(15-9)16-13(17)10(2)18-12-7-5-4-6-8-12/h4-8,10H,1-3H3,(H,15,16,17)/t10-/m0/s1. The number of rotatable bonds is 4. The highest BCUT2D eigenvalue weighted by atomic mass is 32.1. The quantitative estimate of drug-likeness (QED) is 0.933. The molecular formula is C14H16N2O2S. The lowest BCUT2D eigenvalue weighted by atomic mass is 10.3. The van der Waals surface area contributed by atoms with E-state index >= 15 is 0 Å². The first-order valence-electron chi connectivity index (χ1n) is 6.03. The van der Waals surface area contributed by atoms with E-state index in [1.54, 1.807) is 6.92 Å². The predicted molar refractivity (Wildman–Crippen MR) is 76.7 cm³/mol. The first-order valence-corrected chi connectivity index (χ1v) is 6.84. The second-order valence-corrected chi connectivity index (χ2v) is 5.43. The third-order valence-corrected chi connectivity index (χ3v) is 3.67. The van der Waals surface area contributed by atoms with Gasteiger partial charge < -0.3 is 4.74 Å². The van der Waals surface area contributed by atoms with Crippen LogP contribution in [0.4, 0.5) is 5.13 Å². The molecule has 5 heteroatoms. The zero-order valence-corrected chi connectivity index (χ0v) is 12.0. The molecule has 0 aliphatic carbocycles. The van der Waals surface area contributed by atoms with Gasteiger partial charge in [-0.05, 0) is 32.9 Å². The van der Waals surface area contributed by atoms with Gasteiger partial charge in [-0.1, -0.05) is 18.2 Å². The van der Waals surface area contributed by atoms with Gasteiger partial charge in [0, 0.05) is 4.88 Å². The maximum atomic E-state index is 12.0. The van der Waals surface area contributed by atoms with Crippen molar-refractivity contribution in [2.24, 2.45) is 0 Å². The molecule has 0 fully saturated rings. The summed E-state index contributed by atoms with van der Waals surface area (Å²) in [6, 6.07) is 9.28. The Kier molecular flexibility index (Phi) is 4.16. The Morgan fingerprint density at radius 2 is 2.00 bits per heavy atom. The van der Waals surface area contributed by atoms with Crippen LogP contribution in [0.25, 0.3) is 0 Å². The molecule has 1 heterocycles. The summed E-state index contributed by atoms with van der Waals surface area (Å²) in [6.07, 6.45) is -0.563. The molecule has 0 saturated heterocycles. The van der Waals surface area contributed by atoms with Crippen LogP contribution in [0.15, 0.2) is 30.3 Å². The van der Waals surface area contributed by atoms with Crippen LogP contribution in [0.3, 0.4) is 0 Å². The molecule has 0 bridgehead atoms. The topological polar surface area (TPSA) is 51.2 Å². The summed E-state index contributed by atoms with van der Waals surface area (Å²) in [4.78, 5) is 17.3. The van der Waals surface area contributed by atoms with Crippen molar-refractivity contribution < 1.29 is 9.53 Å². The first-order chi connectivity index (χ1) is 9.06. The minimum absolute atomic E-state index is 0.197. The molecule has 0 unspecified atom stereocenters. The Hall–Kier alpha value is -1.88. The van der Waals surface area contributed by atoms with E-state index in [2.05, 4.69) is 10.3 Å². The lowest BCUT2D eigenvalue weighted by molar-refractivity contribution is -0.122. The number of anilines is 1. The van der Waals surface area contributed by atoms with E-state index in [1.165, 1.54) is 11.3 Å². The van der Waals surface area contributed by atoms with Crippen LogP contribution in [0.2, 0.25) is 0 Å². The summed E-state index contributed by atoms with van der Waals surface area (Å²) in [6.45, 7) is 5.62. The number of nitrogens with zero attached hydrogens (tertiary/aromatic N) is 1. The van der Waals surface area contributed by atoms with E-state index in [0.29, 0.717) is 10.9 Å². The van der Waals surface area contributed by atoms with Gasteiger partial charge in [0.05, 0.1) is 5.69 Å². The normalized spacial score (nSPS) is 11.9. The van der Waals surface area contributed by atoms with Gasteiger partial charge in [0.15, 0.2) is 11.2 Å². The monoisotopic (exact) mass is 276 g/mol. The minimum atomic E-state index is -0.563. The third-order valence-electron chi connectivity index (χ3n) is 2.68. The van der Waals surface area contributed by atoms with E-state index in [1.807, 2.05) is 44.2 Å². The van der Waals surface area contributed by atoms with Gasteiger partial charge in [-0.15, -0.1) is 11.3 Å². The number of nitrogens with one attached hydrogen (secondary N) is 1. The number of hydrogen-bond donors (Lipinski definition) is 1. The lowest BCUT2D eigenvalue weighted by Crippen LogP contribution is -2.30. The fourth-order valence-corrected chi connectivity index (χ4v) is 2.31. The predicted octanol–water partition coefficient (Wildman–Crippen LogP) is 3.17. The van der Waals surface area contributed by atoms with Gasteiger partial charge in [-0.2, -0.15) is 0 Å². The number of amides is 1. The zero-order valence-electron chi connectivity index (χ0n) is 11.1. The van der Waals surface area contributed by atoms with Crippen molar-refractivity contribution in [2.45, 2.75) is 26.9 Å². The fourth-order valence-electron chi connectivity index (χ4n) is 1.49. The molecule has 1 atom stereocenters. The van der Waals surface area contributed by atoms with E-state index in [9.17, 15) is 4.79 Å². The number of hydrogen-bond acceptors (Lipinski definition) is 4. The summed E-state index contributed by atoms with van der Waals surface area (Å²) >= 11 is 1.47. The third kappa shape index (κ3) is 3.54. The zero-order chi connectivity index (χ0) is 13.8. The SMILES string of the molecule is Cc1nc(NC(=O)[C@H](C)Oc2ccccc2)sc1C. The van der Waals surface area contributed by atoms with Crippen LogP contribution in [-0.4, -0.2) is 17.0 Å². The molecule has 2 aromatic rings. The molecule has 0 radical (unpaired) electrons. The molecule has 0 aliphatic heterocycles. The Bertz CT molecular complexity index is 547. The molecule has 100 valence electrons. The smallest absolute Gasteiger partial charge is 0.266 e. The van der Waals surface area contributed by atoms with Crippen LogP contribution >= 0.6 is 11.3 Å². The number of para-hydroxylation sites is 1. The highest BCUT2D eigenvalue weighted by Gasteiger charge is 2.16. The maximum Gasteiger partial charge on any atom is 0.266 e. The first kappa shape index (κ1) is 13.5. The van der Waals surface area contributed by atoms with Crippen LogP contribution in [0, 0.1) is 13.8 Å². The van der Waals surface area contributed by atoms with Crippen molar-refractivity contribution >= 4 is 22.4 Å². The van der Waals surface area contributed by atoms with Crippen molar-refractivity contribution in [3.63, 3.8) is 0 Å². The number of carbonyl (C=O) groups is 1. The lowest BCUT2D eigenvalue weighted by Gasteiger charge is -2.13. The summed E-state index contributed by atoms with van der Waals surface area (Å²) in [7, 11) is 0. The fraction of sp³-hybridized carbons (Fsp3) is 0.286. The number of aryl methyl sites for hydroxylation is 2. The molecule has 0 saturated carbocycles. The summed E-state index contributed by atoms with van der Waals surface area (Å²) < 4.78 is 5.55. The Labute approximate surface area is 116 Å². The number of thiazole rings is 1. The van der Waals surface area contributed by atoms with Gasteiger partial charge in [0.25, 0.3) is 5.91 Å². The second-order valence-electron chi connectivity index (χ2n) is 4.22. The molecule has 0 aliphatic rings. The molecule has 2 rings (SSSR count). The second kappa shape index (κ2) is 5.84. The van der Waals surface area contributed by atoms with E-state index < -0.39 is 6.10 Å².